The Hall–Kier alpha value is -3.75. The first-order valence-corrected chi connectivity index (χ1v) is 11.4. The molecule has 3 N–H and O–H groups in total. The number of rotatable bonds is 3. The zero-order chi connectivity index (χ0) is 24.4. The molecule has 178 valence electrons. The SMILES string of the molecule is COc1cc2c3c([nH]c2cc1-c1c(C)noc1C)NC(C)N=C3Nc1cc(C(C)(C)C)nn1C. The molecule has 0 saturated heterocycles. The van der Waals surface area contributed by atoms with Gasteiger partial charge >= 0.3 is 0 Å². The van der Waals surface area contributed by atoms with Gasteiger partial charge < -0.3 is 24.9 Å². The lowest BCUT2D eigenvalue weighted by molar-refractivity contribution is 0.393. The molecule has 0 radical (unpaired) electrons. The number of aryl methyl sites for hydroxylation is 3. The van der Waals surface area contributed by atoms with Gasteiger partial charge in [0.25, 0.3) is 0 Å². The van der Waals surface area contributed by atoms with E-state index in [-0.39, 0.29) is 11.6 Å². The second-order valence-electron chi connectivity index (χ2n) is 9.88. The molecule has 9 heteroatoms. The topological polar surface area (TPSA) is 105 Å². The molecule has 1 aliphatic rings. The van der Waals surface area contributed by atoms with Crippen molar-refractivity contribution in [2.45, 2.75) is 53.1 Å². The van der Waals surface area contributed by atoms with Crippen molar-refractivity contribution in [1.29, 1.82) is 0 Å². The van der Waals surface area contributed by atoms with Crippen LogP contribution in [-0.2, 0) is 12.5 Å². The largest absolute Gasteiger partial charge is 0.496 e. The summed E-state index contributed by atoms with van der Waals surface area (Å²) in [5.41, 5.74) is 5.62. The molecule has 4 heterocycles. The summed E-state index contributed by atoms with van der Waals surface area (Å²) in [7, 11) is 3.62. The van der Waals surface area contributed by atoms with Crippen LogP contribution < -0.4 is 15.4 Å². The number of H-pyrrole nitrogens is 1. The number of aliphatic imine (C=N–C) groups is 1. The molecule has 5 rings (SSSR count). The lowest BCUT2D eigenvalue weighted by Crippen LogP contribution is -2.27. The van der Waals surface area contributed by atoms with Gasteiger partial charge in [-0.25, -0.2) is 4.99 Å². The van der Waals surface area contributed by atoms with E-state index in [1.165, 1.54) is 0 Å². The summed E-state index contributed by atoms with van der Waals surface area (Å²) >= 11 is 0. The van der Waals surface area contributed by atoms with Gasteiger partial charge in [-0.15, -0.1) is 0 Å². The Labute approximate surface area is 198 Å². The van der Waals surface area contributed by atoms with E-state index in [1.807, 2.05) is 38.6 Å². The van der Waals surface area contributed by atoms with Crippen LogP contribution in [0.2, 0.25) is 0 Å². The first kappa shape index (κ1) is 22.1. The van der Waals surface area contributed by atoms with Gasteiger partial charge in [-0.2, -0.15) is 5.10 Å². The van der Waals surface area contributed by atoms with Crippen molar-refractivity contribution >= 4 is 28.4 Å². The minimum Gasteiger partial charge on any atom is -0.496 e. The summed E-state index contributed by atoms with van der Waals surface area (Å²) in [4.78, 5) is 8.42. The molecule has 0 bridgehead atoms. The van der Waals surface area contributed by atoms with E-state index in [4.69, 9.17) is 19.4 Å². The molecular formula is C25H31N7O2. The van der Waals surface area contributed by atoms with Crippen molar-refractivity contribution in [3.05, 3.63) is 40.9 Å². The van der Waals surface area contributed by atoms with Gasteiger partial charge in [0.15, 0.2) is 0 Å². The van der Waals surface area contributed by atoms with Crippen molar-refractivity contribution in [2.24, 2.45) is 12.0 Å². The Morgan fingerprint density at radius 3 is 2.53 bits per heavy atom. The molecule has 4 aromatic rings. The zero-order valence-corrected chi connectivity index (χ0v) is 20.9. The maximum Gasteiger partial charge on any atom is 0.141 e. The predicted octanol–water partition coefficient (Wildman–Crippen LogP) is 5.11. The number of amidine groups is 1. The van der Waals surface area contributed by atoms with E-state index in [2.05, 4.69) is 53.7 Å². The van der Waals surface area contributed by atoms with Crippen LogP contribution in [0.25, 0.3) is 22.0 Å². The van der Waals surface area contributed by atoms with Crippen LogP contribution in [-0.4, -0.2) is 39.0 Å². The highest BCUT2D eigenvalue weighted by Gasteiger charge is 2.27. The van der Waals surface area contributed by atoms with Crippen LogP contribution in [0.15, 0.2) is 27.7 Å². The number of methoxy groups -OCH3 is 1. The number of aromatic amines is 1. The molecular weight excluding hydrogens is 430 g/mol. The Morgan fingerprint density at radius 2 is 1.91 bits per heavy atom. The molecule has 1 aromatic carbocycles. The van der Waals surface area contributed by atoms with Crippen molar-refractivity contribution in [3.8, 4) is 16.9 Å². The van der Waals surface area contributed by atoms with Gasteiger partial charge in [0.2, 0.25) is 0 Å². The standard InChI is InChI=1S/C25H31N7O2/c1-12-21(13(2)34-31-12)16-9-17-15(10-18(16)33-8)22-23(28-17)26-14(3)27-24(22)29-20-11-19(25(4,5)6)30-32(20)7/h9-11,14,26,28H,1-8H3,(H,27,29). The number of hydrogen-bond acceptors (Lipinski definition) is 7. The monoisotopic (exact) mass is 461 g/mol. The molecule has 1 unspecified atom stereocenters. The first-order chi connectivity index (χ1) is 16.1. The van der Waals surface area contributed by atoms with Gasteiger partial charge in [0, 0.05) is 35.0 Å². The van der Waals surface area contributed by atoms with E-state index < -0.39 is 0 Å². The van der Waals surface area contributed by atoms with Crippen molar-refractivity contribution in [3.63, 3.8) is 0 Å². The van der Waals surface area contributed by atoms with Crippen molar-refractivity contribution < 1.29 is 9.26 Å². The molecule has 0 saturated carbocycles. The number of fused-ring (bicyclic) bond motifs is 3. The van der Waals surface area contributed by atoms with Crippen LogP contribution >= 0.6 is 0 Å². The van der Waals surface area contributed by atoms with Gasteiger partial charge in [-0.05, 0) is 32.9 Å². The number of anilines is 2. The molecule has 1 aliphatic heterocycles. The third-order valence-electron chi connectivity index (χ3n) is 6.23. The van der Waals surface area contributed by atoms with E-state index in [0.717, 1.165) is 68.0 Å². The summed E-state index contributed by atoms with van der Waals surface area (Å²) in [6.07, 6.45) is -0.0951. The lowest BCUT2D eigenvalue weighted by atomic mass is 9.92. The molecule has 3 aromatic heterocycles. The smallest absolute Gasteiger partial charge is 0.141 e. The van der Waals surface area contributed by atoms with Crippen molar-refractivity contribution in [2.75, 3.05) is 17.7 Å². The molecule has 0 aliphatic carbocycles. The fourth-order valence-corrected chi connectivity index (χ4v) is 4.47. The molecule has 0 amide bonds. The van der Waals surface area contributed by atoms with Gasteiger partial charge in [-0.3, -0.25) is 4.68 Å². The van der Waals surface area contributed by atoms with Crippen LogP contribution in [0.5, 0.6) is 5.75 Å². The zero-order valence-electron chi connectivity index (χ0n) is 20.9. The predicted molar refractivity (Wildman–Crippen MR) is 135 cm³/mol. The minimum absolute atomic E-state index is 0.0468. The second-order valence-corrected chi connectivity index (χ2v) is 9.88. The van der Waals surface area contributed by atoms with Gasteiger partial charge in [0.1, 0.15) is 35.1 Å². The highest BCUT2D eigenvalue weighted by Crippen LogP contribution is 2.41. The fraction of sp³-hybridized carbons (Fsp3) is 0.400. The summed E-state index contributed by atoms with van der Waals surface area (Å²) in [6.45, 7) is 12.3. The average Bonchev–Trinajstić information content (AvgIpc) is 3.41. The first-order valence-electron chi connectivity index (χ1n) is 11.4. The normalized spacial score (nSPS) is 15.8. The molecule has 0 fully saturated rings. The Bertz CT molecular complexity index is 1410. The summed E-state index contributed by atoms with van der Waals surface area (Å²) < 4.78 is 13.1. The van der Waals surface area contributed by atoms with E-state index in [0.29, 0.717) is 0 Å². The highest BCUT2D eigenvalue weighted by molar-refractivity contribution is 6.20. The maximum atomic E-state index is 5.80. The Balaban J connectivity index is 1.64. The van der Waals surface area contributed by atoms with Gasteiger partial charge in [0.05, 0.1) is 29.6 Å². The maximum absolute atomic E-state index is 5.80. The number of nitrogens with zero attached hydrogens (tertiary/aromatic N) is 4. The summed E-state index contributed by atoms with van der Waals surface area (Å²) in [5, 5.41) is 16.8. The van der Waals surface area contributed by atoms with Crippen LogP contribution in [0.1, 0.15) is 50.4 Å². The third-order valence-corrected chi connectivity index (χ3v) is 6.23. The Kier molecular flexibility index (Phi) is 4.96. The minimum atomic E-state index is -0.0951. The van der Waals surface area contributed by atoms with Crippen LogP contribution in [0, 0.1) is 13.8 Å². The average molecular weight is 462 g/mol. The van der Waals surface area contributed by atoms with Crippen LogP contribution in [0.4, 0.5) is 11.6 Å². The quantitative estimate of drug-likeness (QED) is 0.392. The fourth-order valence-electron chi connectivity index (χ4n) is 4.47. The molecule has 34 heavy (non-hydrogen) atoms. The van der Waals surface area contributed by atoms with E-state index >= 15 is 0 Å². The number of aromatic nitrogens is 4. The summed E-state index contributed by atoms with van der Waals surface area (Å²) in [6, 6.07) is 6.22. The van der Waals surface area contributed by atoms with Gasteiger partial charge in [-0.1, -0.05) is 25.9 Å². The third kappa shape index (κ3) is 3.52. The molecule has 9 nitrogen and oxygen atoms in total. The molecule has 1 atom stereocenters. The number of hydrogen-bond donors (Lipinski definition) is 3. The van der Waals surface area contributed by atoms with E-state index in [9.17, 15) is 0 Å². The van der Waals surface area contributed by atoms with E-state index in [1.54, 1.807) is 7.11 Å². The summed E-state index contributed by atoms with van der Waals surface area (Å²) in [5.74, 6) is 4.09. The molecule has 0 spiro atoms. The number of ether oxygens (including phenoxy) is 1. The number of benzene rings is 1. The lowest BCUT2D eigenvalue weighted by Gasteiger charge is -2.21. The van der Waals surface area contributed by atoms with Crippen LogP contribution in [0.3, 0.4) is 0 Å². The second kappa shape index (κ2) is 7.65. The Morgan fingerprint density at radius 1 is 1.15 bits per heavy atom. The highest BCUT2D eigenvalue weighted by atomic mass is 16.5. The number of nitrogens with one attached hydrogen (secondary N) is 3. The van der Waals surface area contributed by atoms with Crippen molar-refractivity contribution in [1.82, 2.24) is 19.9 Å².